The molecule has 6 nitrogen and oxygen atoms in total. The highest BCUT2D eigenvalue weighted by atomic mass is 32.2. The number of amides is 2. The predicted octanol–water partition coefficient (Wildman–Crippen LogP) is 4.61. The molecule has 0 aliphatic heterocycles. The normalized spacial score (nSPS) is 11.6. The Morgan fingerprint density at radius 2 is 1.66 bits per heavy atom. The zero-order valence-corrected chi connectivity index (χ0v) is 17.6. The van der Waals surface area contributed by atoms with Gasteiger partial charge in [-0.05, 0) is 47.7 Å². The number of carbonyl (C=O) groups is 2. The fraction of sp³-hybridized carbons (Fsp3) is 0.318. The molecule has 0 aromatic heterocycles. The highest BCUT2D eigenvalue weighted by molar-refractivity contribution is 8.00. The maximum absolute atomic E-state index is 12.3. The standard InChI is InChI=1S/C22H25N3O3S/c1-15(2)14-20(21(26)24-13-12-23)29-19-10-6-17(7-11-19)16-4-8-18(9-5-16)25(3)22(27)28/h4-11,15,20H,13-14H2,1-3H3,(H,24,26)(H,27,28). The third-order valence-electron chi connectivity index (χ3n) is 4.33. The first-order valence-electron chi connectivity index (χ1n) is 9.30. The van der Waals surface area contributed by atoms with Crippen LogP contribution in [0.2, 0.25) is 0 Å². The number of benzene rings is 2. The lowest BCUT2D eigenvalue weighted by Crippen LogP contribution is -2.33. The number of carbonyl (C=O) groups excluding carboxylic acids is 1. The number of nitrogens with zero attached hydrogens (tertiary/aromatic N) is 2. The zero-order chi connectivity index (χ0) is 21.4. The number of hydrogen-bond donors (Lipinski definition) is 2. The summed E-state index contributed by atoms with van der Waals surface area (Å²) in [6.07, 6.45) is -0.281. The van der Waals surface area contributed by atoms with Crippen molar-refractivity contribution in [2.75, 3.05) is 18.5 Å². The van der Waals surface area contributed by atoms with Crippen LogP contribution in [0.5, 0.6) is 0 Å². The van der Waals surface area contributed by atoms with E-state index in [0.29, 0.717) is 11.6 Å². The first kappa shape index (κ1) is 22.3. The van der Waals surface area contributed by atoms with Gasteiger partial charge in [0.15, 0.2) is 0 Å². The summed E-state index contributed by atoms with van der Waals surface area (Å²) >= 11 is 1.50. The second-order valence-corrected chi connectivity index (χ2v) is 8.30. The molecule has 2 amide bonds. The second-order valence-electron chi connectivity index (χ2n) is 7.02. The van der Waals surface area contributed by atoms with Crippen LogP contribution in [0.15, 0.2) is 53.4 Å². The van der Waals surface area contributed by atoms with E-state index in [-0.39, 0.29) is 17.7 Å². The van der Waals surface area contributed by atoms with Crippen molar-refractivity contribution in [3.63, 3.8) is 0 Å². The van der Waals surface area contributed by atoms with Crippen LogP contribution in [0, 0.1) is 17.2 Å². The van der Waals surface area contributed by atoms with Crippen LogP contribution in [0.1, 0.15) is 20.3 Å². The van der Waals surface area contributed by atoms with Crippen LogP contribution in [0.3, 0.4) is 0 Å². The van der Waals surface area contributed by atoms with E-state index < -0.39 is 6.09 Å². The zero-order valence-electron chi connectivity index (χ0n) is 16.8. The molecule has 0 aliphatic carbocycles. The van der Waals surface area contributed by atoms with Crippen LogP contribution < -0.4 is 10.2 Å². The number of hydrogen-bond acceptors (Lipinski definition) is 4. The van der Waals surface area contributed by atoms with Gasteiger partial charge in [0.25, 0.3) is 0 Å². The molecule has 152 valence electrons. The highest BCUT2D eigenvalue weighted by Gasteiger charge is 2.21. The molecule has 2 rings (SSSR count). The van der Waals surface area contributed by atoms with Crippen LogP contribution >= 0.6 is 11.8 Å². The minimum Gasteiger partial charge on any atom is -0.465 e. The third-order valence-corrected chi connectivity index (χ3v) is 5.56. The van der Waals surface area contributed by atoms with Crippen molar-refractivity contribution in [1.82, 2.24) is 5.32 Å². The number of anilines is 1. The van der Waals surface area contributed by atoms with Gasteiger partial charge in [0.1, 0.15) is 6.54 Å². The van der Waals surface area contributed by atoms with Gasteiger partial charge in [0.05, 0.1) is 11.3 Å². The van der Waals surface area contributed by atoms with Crippen molar-refractivity contribution in [3.8, 4) is 17.2 Å². The Kier molecular flexibility index (Phi) is 8.10. The molecule has 2 aromatic carbocycles. The van der Waals surface area contributed by atoms with Crippen molar-refractivity contribution in [2.24, 2.45) is 5.92 Å². The summed E-state index contributed by atoms with van der Waals surface area (Å²) in [6.45, 7) is 4.15. The molecule has 0 heterocycles. The van der Waals surface area contributed by atoms with Gasteiger partial charge >= 0.3 is 6.09 Å². The smallest absolute Gasteiger partial charge is 0.411 e. The molecule has 0 saturated heterocycles. The van der Waals surface area contributed by atoms with E-state index in [1.54, 1.807) is 12.1 Å². The van der Waals surface area contributed by atoms with Gasteiger partial charge in [-0.25, -0.2) is 4.79 Å². The molecule has 1 atom stereocenters. The monoisotopic (exact) mass is 411 g/mol. The maximum atomic E-state index is 12.3. The van der Waals surface area contributed by atoms with E-state index in [0.717, 1.165) is 27.3 Å². The fourth-order valence-corrected chi connectivity index (χ4v) is 4.05. The minimum atomic E-state index is -1.01. The van der Waals surface area contributed by atoms with E-state index in [2.05, 4.69) is 19.2 Å². The lowest BCUT2D eigenvalue weighted by atomic mass is 10.1. The Morgan fingerprint density at radius 1 is 1.10 bits per heavy atom. The molecular formula is C22H25N3O3S. The molecule has 2 N–H and O–H groups in total. The van der Waals surface area contributed by atoms with E-state index >= 15 is 0 Å². The molecule has 0 saturated carbocycles. The Hall–Kier alpha value is -2.98. The van der Waals surface area contributed by atoms with E-state index in [1.807, 2.05) is 42.5 Å². The van der Waals surface area contributed by atoms with Crippen molar-refractivity contribution in [3.05, 3.63) is 48.5 Å². The molecule has 29 heavy (non-hydrogen) atoms. The van der Waals surface area contributed by atoms with Gasteiger partial charge in [0, 0.05) is 17.6 Å². The minimum absolute atomic E-state index is 0.0139. The van der Waals surface area contributed by atoms with Crippen molar-refractivity contribution in [2.45, 2.75) is 30.4 Å². The Morgan fingerprint density at radius 3 is 2.14 bits per heavy atom. The van der Waals surface area contributed by atoms with Gasteiger partial charge in [-0.15, -0.1) is 11.8 Å². The van der Waals surface area contributed by atoms with Gasteiger partial charge in [-0.1, -0.05) is 38.1 Å². The van der Waals surface area contributed by atoms with Gasteiger partial charge < -0.3 is 10.4 Å². The van der Waals surface area contributed by atoms with Gasteiger partial charge in [-0.3, -0.25) is 9.69 Å². The molecule has 2 aromatic rings. The lowest BCUT2D eigenvalue weighted by Gasteiger charge is -2.18. The summed E-state index contributed by atoms with van der Waals surface area (Å²) in [6, 6.07) is 17.2. The van der Waals surface area contributed by atoms with Gasteiger partial charge in [-0.2, -0.15) is 5.26 Å². The Labute approximate surface area is 175 Å². The summed E-state index contributed by atoms with van der Waals surface area (Å²) in [4.78, 5) is 25.5. The van der Waals surface area contributed by atoms with Crippen molar-refractivity contribution >= 4 is 29.4 Å². The molecule has 0 radical (unpaired) electrons. The average Bonchev–Trinajstić information content (AvgIpc) is 2.71. The number of rotatable bonds is 8. The summed E-state index contributed by atoms with van der Waals surface area (Å²) in [5, 5.41) is 20.1. The second kappa shape index (κ2) is 10.5. The van der Waals surface area contributed by atoms with Crippen LogP contribution in [-0.4, -0.2) is 35.9 Å². The molecule has 1 unspecified atom stereocenters. The molecular weight excluding hydrogens is 386 g/mol. The number of nitrogens with one attached hydrogen (secondary N) is 1. The number of nitriles is 1. The first-order valence-corrected chi connectivity index (χ1v) is 10.2. The third kappa shape index (κ3) is 6.54. The molecule has 0 aliphatic rings. The van der Waals surface area contributed by atoms with Gasteiger partial charge in [0.2, 0.25) is 5.91 Å². The molecule has 0 bridgehead atoms. The van der Waals surface area contributed by atoms with Crippen LogP contribution in [0.4, 0.5) is 10.5 Å². The Balaban J connectivity index is 2.11. The Bertz CT molecular complexity index is 874. The topological polar surface area (TPSA) is 93.4 Å². The summed E-state index contributed by atoms with van der Waals surface area (Å²) < 4.78 is 0. The first-order chi connectivity index (χ1) is 13.8. The SMILES string of the molecule is CC(C)CC(Sc1ccc(-c2ccc(N(C)C(=O)O)cc2)cc1)C(=O)NCC#N. The summed E-state index contributed by atoms with van der Waals surface area (Å²) in [5.74, 6) is 0.245. The quantitative estimate of drug-likeness (QED) is 0.488. The van der Waals surface area contributed by atoms with E-state index in [1.165, 1.54) is 18.8 Å². The van der Waals surface area contributed by atoms with E-state index in [9.17, 15) is 9.59 Å². The summed E-state index contributed by atoms with van der Waals surface area (Å²) in [7, 11) is 1.50. The average molecular weight is 412 g/mol. The van der Waals surface area contributed by atoms with E-state index in [4.69, 9.17) is 10.4 Å². The van der Waals surface area contributed by atoms with Crippen molar-refractivity contribution in [1.29, 1.82) is 5.26 Å². The molecule has 0 fully saturated rings. The summed E-state index contributed by atoms with van der Waals surface area (Å²) in [5.41, 5.74) is 2.59. The largest absolute Gasteiger partial charge is 0.465 e. The molecule has 0 spiro atoms. The fourth-order valence-electron chi connectivity index (χ4n) is 2.76. The predicted molar refractivity (Wildman–Crippen MR) is 116 cm³/mol. The highest BCUT2D eigenvalue weighted by Crippen LogP contribution is 2.30. The number of thioether (sulfide) groups is 1. The molecule has 7 heteroatoms. The van der Waals surface area contributed by atoms with Crippen molar-refractivity contribution < 1.29 is 14.7 Å². The van der Waals surface area contributed by atoms with Crippen LogP contribution in [0.25, 0.3) is 11.1 Å². The maximum Gasteiger partial charge on any atom is 0.411 e. The van der Waals surface area contributed by atoms with Crippen LogP contribution in [-0.2, 0) is 4.79 Å². The lowest BCUT2D eigenvalue weighted by molar-refractivity contribution is -0.120. The number of carboxylic acid groups (broad SMARTS) is 1.